The fourth-order valence-electron chi connectivity index (χ4n) is 1.79. The van der Waals surface area contributed by atoms with Gasteiger partial charge < -0.3 is 10.5 Å². The molecule has 0 aromatic heterocycles. The Labute approximate surface area is 102 Å². The minimum absolute atomic E-state index is 0.377. The molecule has 0 heterocycles. The van der Waals surface area contributed by atoms with Gasteiger partial charge in [0.25, 0.3) is 0 Å². The fourth-order valence-corrected chi connectivity index (χ4v) is 1.79. The number of esters is 1. The van der Waals surface area contributed by atoms with Gasteiger partial charge in [-0.3, -0.25) is 4.79 Å². The predicted molar refractivity (Wildman–Crippen MR) is 69.4 cm³/mol. The van der Waals surface area contributed by atoms with Crippen molar-refractivity contribution in [2.24, 2.45) is 5.73 Å². The molecule has 0 saturated carbocycles. The van der Waals surface area contributed by atoms with E-state index in [4.69, 9.17) is 5.73 Å². The van der Waals surface area contributed by atoms with Gasteiger partial charge >= 0.3 is 5.97 Å². The third-order valence-corrected chi connectivity index (χ3v) is 2.78. The summed E-state index contributed by atoms with van der Waals surface area (Å²) < 4.78 is 4.63. The van der Waals surface area contributed by atoms with E-state index in [0.717, 1.165) is 11.1 Å². The highest BCUT2D eigenvalue weighted by Gasteiger charge is 2.16. The van der Waals surface area contributed by atoms with Gasteiger partial charge in [-0.15, -0.1) is 0 Å². The van der Waals surface area contributed by atoms with E-state index in [1.165, 1.54) is 12.7 Å². The van der Waals surface area contributed by atoms with Crippen LogP contribution in [0.1, 0.15) is 24.5 Å². The number of hydrogen-bond acceptors (Lipinski definition) is 3. The number of hydrogen-bond donors (Lipinski definition) is 1. The number of carbonyl (C=O) groups excluding carboxylic acids is 1. The Kier molecular flexibility index (Phi) is 4.91. The van der Waals surface area contributed by atoms with Crippen LogP contribution in [-0.2, 0) is 9.53 Å². The molecule has 92 valence electrons. The van der Waals surface area contributed by atoms with Crippen LogP contribution in [0.3, 0.4) is 0 Å². The molecule has 0 aliphatic rings. The maximum absolute atomic E-state index is 11.3. The molecule has 0 saturated heterocycles. The summed E-state index contributed by atoms with van der Waals surface area (Å²) in [7, 11) is 1.35. The van der Waals surface area contributed by atoms with Crippen LogP contribution in [0.2, 0.25) is 0 Å². The Morgan fingerprint density at radius 3 is 2.65 bits per heavy atom. The third-order valence-electron chi connectivity index (χ3n) is 2.78. The van der Waals surface area contributed by atoms with E-state index >= 15 is 0 Å². The topological polar surface area (TPSA) is 52.3 Å². The van der Waals surface area contributed by atoms with Gasteiger partial charge in [0.2, 0.25) is 0 Å². The number of methoxy groups -OCH3 is 1. The molecule has 0 aliphatic carbocycles. The van der Waals surface area contributed by atoms with Crippen molar-refractivity contribution in [2.75, 3.05) is 7.11 Å². The van der Waals surface area contributed by atoms with E-state index in [0.29, 0.717) is 6.42 Å². The number of allylic oxidation sites excluding steroid dienone is 1. The molecule has 1 atom stereocenters. The first kappa shape index (κ1) is 13.5. The lowest BCUT2D eigenvalue weighted by Gasteiger charge is -2.14. The van der Waals surface area contributed by atoms with Crippen molar-refractivity contribution in [3.63, 3.8) is 0 Å². The van der Waals surface area contributed by atoms with Crippen LogP contribution in [0.4, 0.5) is 0 Å². The van der Waals surface area contributed by atoms with Gasteiger partial charge in [0, 0.05) is 0 Å². The molecule has 1 aromatic rings. The van der Waals surface area contributed by atoms with Crippen molar-refractivity contribution in [3.8, 4) is 0 Å². The quantitative estimate of drug-likeness (QED) is 0.812. The molecular weight excluding hydrogens is 214 g/mol. The summed E-state index contributed by atoms with van der Waals surface area (Å²) in [5.41, 5.74) is 9.16. The lowest BCUT2D eigenvalue weighted by Crippen LogP contribution is -2.31. The highest BCUT2D eigenvalue weighted by Crippen LogP contribution is 2.22. The van der Waals surface area contributed by atoms with E-state index in [-0.39, 0.29) is 5.97 Å². The standard InChI is InChI=1S/C14H19NO2/c1-4-11(9-13(15)14(16)17-3)12-8-6-5-7-10(12)2/h4-8,13H,9,15H2,1-3H3/b11-4-. The van der Waals surface area contributed by atoms with Gasteiger partial charge in [0.15, 0.2) is 0 Å². The molecule has 0 fully saturated rings. The predicted octanol–water partition coefficient (Wildman–Crippen LogP) is 2.29. The first-order chi connectivity index (χ1) is 8.10. The molecule has 3 nitrogen and oxygen atoms in total. The van der Waals surface area contributed by atoms with E-state index in [1.807, 2.05) is 44.2 Å². The monoisotopic (exact) mass is 233 g/mol. The number of rotatable bonds is 4. The Morgan fingerprint density at radius 1 is 1.47 bits per heavy atom. The van der Waals surface area contributed by atoms with Crippen LogP contribution < -0.4 is 5.73 Å². The minimum atomic E-state index is -0.606. The summed E-state index contributed by atoms with van der Waals surface area (Å²) in [5.74, 6) is -0.377. The van der Waals surface area contributed by atoms with Crippen molar-refractivity contribution in [2.45, 2.75) is 26.3 Å². The number of benzene rings is 1. The lowest BCUT2D eigenvalue weighted by molar-refractivity contribution is -0.142. The summed E-state index contributed by atoms with van der Waals surface area (Å²) in [6.07, 6.45) is 2.49. The molecule has 0 spiro atoms. The second-order valence-electron chi connectivity index (χ2n) is 3.96. The Morgan fingerprint density at radius 2 is 2.12 bits per heavy atom. The van der Waals surface area contributed by atoms with Crippen LogP contribution in [-0.4, -0.2) is 19.1 Å². The van der Waals surface area contributed by atoms with Gasteiger partial charge in [-0.1, -0.05) is 30.3 Å². The van der Waals surface area contributed by atoms with Crippen LogP contribution >= 0.6 is 0 Å². The normalized spacial score (nSPS) is 13.3. The van der Waals surface area contributed by atoms with Crippen molar-refractivity contribution >= 4 is 11.5 Å². The largest absolute Gasteiger partial charge is 0.468 e. The Bertz CT molecular complexity index is 424. The molecule has 1 unspecified atom stereocenters. The van der Waals surface area contributed by atoms with Crippen LogP contribution in [0.25, 0.3) is 5.57 Å². The first-order valence-electron chi connectivity index (χ1n) is 5.64. The lowest BCUT2D eigenvalue weighted by atomic mass is 9.95. The van der Waals surface area contributed by atoms with E-state index in [2.05, 4.69) is 4.74 Å². The average Bonchev–Trinajstić information content (AvgIpc) is 2.35. The van der Waals surface area contributed by atoms with Crippen molar-refractivity contribution in [1.82, 2.24) is 0 Å². The van der Waals surface area contributed by atoms with E-state index in [1.54, 1.807) is 0 Å². The van der Waals surface area contributed by atoms with Crippen molar-refractivity contribution in [3.05, 3.63) is 41.5 Å². The van der Waals surface area contributed by atoms with Crippen LogP contribution in [0.15, 0.2) is 30.3 Å². The van der Waals surface area contributed by atoms with E-state index < -0.39 is 6.04 Å². The number of ether oxygens (including phenoxy) is 1. The van der Waals surface area contributed by atoms with Crippen molar-refractivity contribution < 1.29 is 9.53 Å². The number of nitrogens with two attached hydrogens (primary N) is 1. The maximum atomic E-state index is 11.3. The second kappa shape index (κ2) is 6.21. The third kappa shape index (κ3) is 3.43. The maximum Gasteiger partial charge on any atom is 0.322 e. The zero-order valence-electron chi connectivity index (χ0n) is 10.6. The SMILES string of the molecule is C/C=C(/CC(N)C(=O)OC)c1ccccc1C. The van der Waals surface area contributed by atoms with Gasteiger partial charge in [-0.25, -0.2) is 0 Å². The highest BCUT2D eigenvalue weighted by atomic mass is 16.5. The van der Waals surface area contributed by atoms with Gasteiger partial charge in [0.05, 0.1) is 7.11 Å². The molecule has 0 bridgehead atoms. The molecule has 1 rings (SSSR count). The fraction of sp³-hybridized carbons (Fsp3) is 0.357. The first-order valence-corrected chi connectivity index (χ1v) is 5.64. The Hall–Kier alpha value is -1.61. The summed E-state index contributed by atoms with van der Waals surface area (Å²) in [5, 5.41) is 0. The molecular formula is C14H19NO2. The number of carbonyl (C=O) groups is 1. The summed E-state index contributed by atoms with van der Waals surface area (Å²) in [6.45, 7) is 3.99. The molecule has 3 heteroatoms. The molecule has 17 heavy (non-hydrogen) atoms. The Balaban J connectivity index is 2.88. The van der Waals surface area contributed by atoms with Gasteiger partial charge in [-0.2, -0.15) is 0 Å². The van der Waals surface area contributed by atoms with E-state index in [9.17, 15) is 4.79 Å². The minimum Gasteiger partial charge on any atom is -0.468 e. The van der Waals surface area contributed by atoms with Gasteiger partial charge in [0.1, 0.15) is 6.04 Å². The molecule has 2 N–H and O–H groups in total. The smallest absolute Gasteiger partial charge is 0.322 e. The zero-order valence-corrected chi connectivity index (χ0v) is 10.6. The van der Waals surface area contributed by atoms with Crippen LogP contribution in [0.5, 0.6) is 0 Å². The summed E-state index contributed by atoms with van der Waals surface area (Å²) >= 11 is 0. The molecule has 1 aromatic carbocycles. The number of aryl methyl sites for hydroxylation is 1. The average molecular weight is 233 g/mol. The zero-order chi connectivity index (χ0) is 12.8. The summed E-state index contributed by atoms with van der Waals surface area (Å²) in [6, 6.07) is 7.45. The molecule has 0 amide bonds. The van der Waals surface area contributed by atoms with Gasteiger partial charge in [-0.05, 0) is 37.0 Å². The highest BCUT2D eigenvalue weighted by molar-refractivity contribution is 5.79. The second-order valence-corrected chi connectivity index (χ2v) is 3.96. The van der Waals surface area contributed by atoms with Crippen molar-refractivity contribution in [1.29, 1.82) is 0 Å². The molecule has 0 radical (unpaired) electrons. The van der Waals surface area contributed by atoms with Crippen LogP contribution in [0, 0.1) is 6.92 Å². The molecule has 0 aliphatic heterocycles. The summed E-state index contributed by atoms with van der Waals surface area (Å²) in [4.78, 5) is 11.3.